The van der Waals surface area contributed by atoms with Crippen LogP contribution in [0.1, 0.15) is 5.56 Å². The van der Waals surface area contributed by atoms with E-state index in [9.17, 15) is 9.59 Å². The SMILES string of the molecule is O=C1NC(C(=O)NCCc2cccc3ccccc23)CS1. The van der Waals surface area contributed by atoms with E-state index in [1.807, 2.05) is 18.2 Å². The van der Waals surface area contributed by atoms with Crippen molar-refractivity contribution in [3.05, 3.63) is 48.0 Å². The summed E-state index contributed by atoms with van der Waals surface area (Å²) in [5, 5.41) is 7.84. The summed E-state index contributed by atoms with van der Waals surface area (Å²) in [6.07, 6.45) is 0.779. The Balaban J connectivity index is 1.59. The van der Waals surface area contributed by atoms with Crippen LogP contribution < -0.4 is 10.6 Å². The molecule has 2 amide bonds. The van der Waals surface area contributed by atoms with Crippen LogP contribution in [0, 0.1) is 0 Å². The molecule has 2 aromatic carbocycles. The standard InChI is InChI=1S/C16H16N2O2S/c19-15(14-10-21-16(20)18-14)17-9-8-12-6-3-5-11-4-1-2-7-13(11)12/h1-7,14H,8-10H2,(H,17,19)(H,18,20). The van der Waals surface area contributed by atoms with Crippen molar-refractivity contribution in [3.8, 4) is 0 Å². The third-order valence-electron chi connectivity index (χ3n) is 3.56. The Kier molecular flexibility index (Phi) is 4.10. The van der Waals surface area contributed by atoms with Crippen molar-refractivity contribution in [1.82, 2.24) is 10.6 Å². The van der Waals surface area contributed by atoms with Crippen molar-refractivity contribution in [1.29, 1.82) is 0 Å². The maximum absolute atomic E-state index is 11.9. The van der Waals surface area contributed by atoms with Gasteiger partial charge in [0.2, 0.25) is 5.91 Å². The summed E-state index contributed by atoms with van der Waals surface area (Å²) >= 11 is 1.15. The predicted octanol–water partition coefficient (Wildman–Crippen LogP) is 2.32. The van der Waals surface area contributed by atoms with Gasteiger partial charge in [-0.3, -0.25) is 9.59 Å². The zero-order chi connectivity index (χ0) is 14.7. The van der Waals surface area contributed by atoms with Crippen LogP contribution in [0.2, 0.25) is 0 Å². The number of thioether (sulfide) groups is 1. The molecule has 4 nitrogen and oxygen atoms in total. The average molecular weight is 300 g/mol. The van der Waals surface area contributed by atoms with E-state index < -0.39 is 6.04 Å². The zero-order valence-electron chi connectivity index (χ0n) is 11.5. The Hall–Kier alpha value is -2.01. The van der Waals surface area contributed by atoms with Gasteiger partial charge in [0.1, 0.15) is 6.04 Å². The Morgan fingerprint density at radius 3 is 2.86 bits per heavy atom. The van der Waals surface area contributed by atoms with Crippen LogP contribution in [-0.2, 0) is 11.2 Å². The van der Waals surface area contributed by atoms with Gasteiger partial charge in [0.05, 0.1) is 0 Å². The molecule has 0 aliphatic carbocycles. The largest absolute Gasteiger partial charge is 0.354 e. The molecule has 1 saturated heterocycles. The fourth-order valence-electron chi connectivity index (χ4n) is 2.48. The van der Waals surface area contributed by atoms with Gasteiger partial charge in [0.15, 0.2) is 0 Å². The number of rotatable bonds is 4. The average Bonchev–Trinajstić information content (AvgIpc) is 2.94. The molecule has 1 aliphatic heterocycles. The number of carbonyl (C=O) groups is 2. The highest BCUT2D eigenvalue weighted by atomic mass is 32.2. The Morgan fingerprint density at radius 2 is 2.05 bits per heavy atom. The molecule has 2 N–H and O–H groups in total. The fraction of sp³-hybridized carbons (Fsp3) is 0.250. The van der Waals surface area contributed by atoms with Crippen LogP contribution in [0.4, 0.5) is 4.79 Å². The molecule has 3 rings (SSSR count). The Morgan fingerprint density at radius 1 is 1.24 bits per heavy atom. The number of nitrogens with one attached hydrogen (secondary N) is 2. The molecule has 0 bridgehead atoms. The van der Waals surface area contributed by atoms with Gasteiger partial charge < -0.3 is 10.6 Å². The molecule has 108 valence electrons. The van der Waals surface area contributed by atoms with Crippen LogP contribution >= 0.6 is 11.8 Å². The molecule has 0 spiro atoms. The maximum atomic E-state index is 11.9. The van der Waals surface area contributed by atoms with Gasteiger partial charge in [0, 0.05) is 12.3 Å². The number of hydrogen-bond acceptors (Lipinski definition) is 3. The van der Waals surface area contributed by atoms with Crippen LogP contribution in [0.5, 0.6) is 0 Å². The van der Waals surface area contributed by atoms with E-state index in [-0.39, 0.29) is 11.1 Å². The molecular weight excluding hydrogens is 284 g/mol. The monoisotopic (exact) mass is 300 g/mol. The zero-order valence-corrected chi connectivity index (χ0v) is 12.3. The smallest absolute Gasteiger partial charge is 0.279 e. The molecular formula is C16H16N2O2S. The first-order chi connectivity index (χ1) is 10.2. The van der Waals surface area contributed by atoms with Crippen molar-refractivity contribution >= 4 is 33.7 Å². The normalized spacial score (nSPS) is 17.7. The van der Waals surface area contributed by atoms with Crippen molar-refractivity contribution < 1.29 is 9.59 Å². The summed E-state index contributed by atoms with van der Waals surface area (Å²) in [7, 11) is 0. The van der Waals surface area contributed by atoms with E-state index in [0.717, 1.165) is 18.2 Å². The first-order valence-corrected chi connectivity index (χ1v) is 7.90. The van der Waals surface area contributed by atoms with Gasteiger partial charge in [-0.15, -0.1) is 0 Å². The van der Waals surface area contributed by atoms with E-state index >= 15 is 0 Å². The van der Waals surface area contributed by atoms with Gasteiger partial charge in [0.25, 0.3) is 5.24 Å². The Labute approximate surface area is 127 Å². The van der Waals surface area contributed by atoms with Gasteiger partial charge in [-0.2, -0.15) is 0 Å². The second-order valence-corrected chi connectivity index (χ2v) is 5.97. The predicted molar refractivity (Wildman–Crippen MR) is 85.4 cm³/mol. The van der Waals surface area contributed by atoms with Gasteiger partial charge >= 0.3 is 0 Å². The van der Waals surface area contributed by atoms with Crippen molar-refractivity contribution in [2.75, 3.05) is 12.3 Å². The second kappa shape index (κ2) is 6.18. The first-order valence-electron chi connectivity index (χ1n) is 6.92. The van der Waals surface area contributed by atoms with Gasteiger partial charge in [-0.25, -0.2) is 0 Å². The quantitative estimate of drug-likeness (QED) is 0.911. The molecule has 1 fully saturated rings. The van der Waals surface area contributed by atoms with E-state index in [4.69, 9.17) is 0 Å². The number of hydrogen-bond donors (Lipinski definition) is 2. The minimum Gasteiger partial charge on any atom is -0.354 e. The van der Waals surface area contributed by atoms with E-state index in [1.165, 1.54) is 16.3 Å². The van der Waals surface area contributed by atoms with E-state index in [2.05, 4.69) is 34.9 Å². The number of benzene rings is 2. The van der Waals surface area contributed by atoms with Gasteiger partial charge in [-0.05, 0) is 22.8 Å². The molecule has 0 saturated carbocycles. The van der Waals surface area contributed by atoms with Crippen LogP contribution in [0.3, 0.4) is 0 Å². The molecule has 5 heteroatoms. The molecule has 2 aromatic rings. The third kappa shape index (κ3) is 3.19. The van der Waals surface area contributed by atoms with E-state index in [0.29, 0.717) is 12.3 Å². The second-order valence-electron chi connectivity index (χ2n) is 4.97. The van der Waals surface area contributed by atoms with Gasteiger partial charge in [-0.1, -0.05) is 54.2 Å². The van der Waals surface area contributed by atoms with Crippen molar-refractivity contribution in [3.63, 3.8) is 0 Å². The lowest BCUT2D eigenvalue weighted by Gasteiger charge is -2.11. The fourth-order valence-corrected chi connectivity index (χ4v) is 3.26. The lowest BCUT2D eigenvalue weighted by molar-refractivity contribution is -0.122. The lowest BCUT2D eigenvalue weighted by Crippen LogP contribution is -2.43. The summed E-state index contributed by atoms with van der Waals surface area (Å²) in [6.45, 7) is 0.573. The molecule has 0 radical (unpaired) electrons. The molecule has 1 aliphatic rings. The lowest BCUT2D eigenvalue weighted by atomic mass is 10.0. The van der Waals surface area contributed by atoms with Crippen molar-refractivity contribution in [2.45, 2.75) is 12.5 Å². The van der Waals surface area contributed by atoms with Crippen LogP contribution in [0.25, 0.3) is 10.8 Å². The van der Waals surface area contributed by atoms with E-state index in [1.54, 1.807) is 0 Å². The van der Waals surface area contributed by atoms with Crippen molar-refractivity contribution in [2.24, 2.45) is 0 Å². The Bertz CT molecular complexity index is 682. The number of carbonyl (C=O) groups excluding carboxylic acids is 2. The summed E-state index contributed by atoms with van der Waals surface area (Å²) in [5.41, 5.74) is 1.22. The topological polar surface area (TPSA) is 58.2 Å². The molecule has 1 unspecified atom stereocenters. The highest BCUT2D eigenvalue weighted by Gasteiger charge is 2.27. The molecule has 0 aromatic heterocycles. The number of fused-ring (bicyclic) bond motifs is 1. The minimum atomic E-state index is -0.394. The molecule has 21 heavy (non-hydrogen) atoms. The summed E-state index contributed by atoms with van der Waals surface area (Å²) < 4.78 is 0. The maximum Gasteiger partial charge on any atom is 0.279 e. The third-order valence-corrected chi connectivity index (χ3v) is 4.44. The molecule has 1 atom stereocenters. The minimum absolute atomic E-state index is 0.103. The summed E-state index contributed by atoms with van der Waals surface area (Å²) in [6, 6.07) is 14.0. The van der Waals surface area contributed by atoms with Crippen LogP contribution in [0.15, 0.2) is 42.5 Å². The summed E-state index contributed by atoms with van der Waals surface area (Å²) in [5.74, 6) is 0.410. The summed E-state index contributed by atoms with van der Waals surface area (Å²) in [4.78, 5) is 23.0. The van der Waals surface area contributed by atoms with Crippen LogP contribution in [-0.4, -0.2) is 29.5 Å². The molecule has 1 heterocycles. The number of amides is 2. The first kappa shape index (κ1) is 13.9. The highest BCUT2D eigenvalue weighted by molar-refractivity contribution is 8.14. The highest BCUT2D eigenvalue weighted by Crippen LogP contribution is 2.18.